The van der Waals surface area contributed by atoms with Gasteiger partial charge in [-0.2, -0.15) is 0 Å². The van der Waals surface area contributed by atoms with E-state index in [4.69, 9.17) is 16.3 Å². The summed E-state index contributed by atoms with van der Waals surface area (Å²) in [4.78, 5) is 28.5. The van der Waals surface area contributed by atoms with Crippen molar-refractivity contribution in [2.24, 2.45) is 0 Å². The second-order valence-electron chi connectivity index (χ2n) is 5.26. The van der Waals surface area contributed by atoms with Gasteiger partial charge < -0.3 is 15.0 Å². The summed E-state index contributed by atoms with van der Waals surface area (Å²) < 4.78 is 4.99. The van der Waals surface area contributed by atoms with E-state index in [0.717, 1.165) is 9.79 Å². The third kappa shape index (κ3) is 4.91. The van der Waals surface area contributed by atoms with E-state index in [2.05, 4.69) is 10.3 Å². The average molecular weight is 387 g/mol. The van der Waals surface area contributed by atoms with Crippen LogP contribution in [0.4, 0.5) is 5.69 Å². The highest BCUT2D eigenvalue weighted by atomic mass is 35.5. The van der Waals surface area contributed by atoms with Crippen LogP contribution in [0.3, 0.4) is 0 Å². The molecule has 0 saturated heterocycles. The molecule has 1 heterocycles. The Labute approximate surface area is 159 Å². The summed E-state index contributed by atoms with van der Waals surface area (Å²) in [5.74, 6) is -0.983. The Bertz CT molecular complexity index is 895. The molecule has 132 valence electrons. The van der Waals surface area contributed by atoms with Crippen LogP contribution in [0.25, 0.3) is 0 Å². The van der Waals surface area contributed by atoms with Crippen LogP contribution in [-0.4, -0.2) is 23.5 Å². The van der Waals surface area contributed by atoms with E-state index >= 15 is 0 Å². The Hall–Kier alpha value is -2.70. The van der Waals surface area contributed by atoms with Gasteiger partial charge >= 0.3 is 5.97 Å². The highest BCUT2D eigenvalue weighted by Crippen LogP contribution is 2.33. The first kappa shape index (κ1) is 18.1. The number of aromatic nitrogens is 1. The molecule has 1 aromatic heterocycles. The summed E-state index contributed by atoms with van der Waals surface area (Å²) in [5.41, 5.74) is 0.949. The van der Waals surface area contributed by atoms with Crippen LogP contribution in [0.15, 0.2) is 76.7 Å². The molecule has 26 heavy (non-hydrogen) atoms. The Balaban J connectivity index is 1.61. The van der Waals surface area contributed by atoms with Crippen LogP contribution >= 0.6 is 23.4 Å². The highest BCUT2D eigenvalue weighted by Gasteiger charge is 2.12. The van der Waals surface area contributed by atoms with Crippen molar-refractivity contribution in [3.63, 3.8) is 0 Å². The SMILES string of the molecule is O=C(COC(=O)c1ccc[nH]1)Nc1ccccc1Sc1ccc(Cl)cc1. The number of carbonyl (C=O) groups is 2. The highest BCUT2D eigenvalue weighted by molar-refractivity contribution is 7.99. The number of hydrogen-bond acceptors (Lipinski definition) is 4. The van der Waals surface area contributed by atoms with Gasteiger partial charge in [-0.05, 0) is 48.5 Å². The molecular weight excluding hydrogens is 372 g/mol. The minimum Gasteiger partial charge on any atom is -0.451 e. The number of H-pyrrole nitrogens is 1. The van der Waals surface area contributed by atoms with Crippen molar-refractivity contribution < 1.29 is 14.3 Å². The number of para-hydroxylation sites is 1. The second-order valence-corrected chi connectivity index (χ2v) is 6.81. The van der Waals surface area contributed by atoms with E-state index in [1.165, 1.54) is 11.8 Å². The molecule has 3 rings (SSSR count). The maximum atomic E-state index is 12.1. The number of aromatic amines is 1. The normalized spacial score (nSPS) is 10.3. The molecule has 0 radical (unpaired) electrons. The molecule has 0 spiro atoms. The summed E-state index contributed by atoms with van der Waals surface area (Å²) in [7, 11) is 0. The number of anilines is 1. The molecule has 0 aliphatic heterocycles. The molecule has 7 heteroatoms. The van der Waals surface area contributed by atoms with Gasteiger partial charge in [0.25, 0.3) is 5.91 Å². The van der Waals surface area contributed by atoms with E-state index in [1.54, 1.807) is 24.4 Å². The van der Waals surface area contributed by atoms with Crippen LogP contribution in [-0.2, 0) is 9.53 Å². The van der Waals surface area contributed by atoms with Gasteiger partial charge in [0, 0.05) is 21.0 Å². The molecule has 2 N–H and O–H groups in total. The Morgan fingerprint density at radius 2 is 1.81 bits per heavy atom. The molecule has 0 aliphatic carbocycles. The third-order valence-corrected chi connectivity index (χ3v) is 4.69. The molecule has 2 aromatic carbocycles. The van der Waals surface area contributed by atoms with Gasteiger partial charge in [-0.15, -0.1) is 0 Å². The standard InChI is InChI=1S/C19H15ClN2O3S/c20-13-7-9-14(10-8-13)26-17-6-2-1-4-15(17)22-18(23)12-25-19(24)16-5-3-11-21-16/h1-11,21H,12H2,(H,22,23). The molecule has 3 aromatic rings. The average Bonchev–Trinajstić information content (AvgIpc) is 3.18. The number of hydrogen-bond donors (Lipinski definition) is 2. The van der Waals surface area contributed by atoms with Crippen LogP contribution in [0.2, 0.25) is 5.02 Å². The fraction of sp³-hybridized carbons (Fsp3) is 0.0526. The summed E-state index contributed by atoms with van der Waals surface area (Å²) in [5, 5.41) is 3.44. The van der Waals surface area contributed by atoms with E-state index < -0.39 is 11.9 Å². The van der Waals surface area contributed by atoms with Crippen LogP contribution in [0, 0.1) is 0 Å². The van der Waals surface area contributed by atoms with Gasteiger partial charge in [0.15, 0.2) is 6.61 Å². The minimum atomic E-state index is -0.575. The zero-order valence-corrected chi connectivity index (χ0v) is 15.1. The van der Waals surface area contributed by atoms with Crippen molar-refractivity contribution >= 4 is 40.9 Å². The summed E-state index contributed by atoms with van der Waals surface area (Å²) in [6.07, 6.45) is 1.61. The van der Waals surface area contributed by atoms with Gasteiger partial charge in [0.1, 0.15) is 5.69 Å². The maximum absolute atomic E-state index is 12.1. The first-order chi connectivity index (χ1) is 12.6. The zero-order chi connectivity index (χ0) is 18.4. The maximum Gasteiger partial charge on any atom is 0.355 e. The topological polar surface area (TPSA) is 71.2 Å². The van der Waals surface area contributed by atoms with Crippen molar-refractivity contribution in [1.29, 1.82) is 0 Å². The lowest BCUT2D eigenvalue weighted by molar-refractivity contribution is -0.119. The predicted octanol–water partition coefficient (Wildman–Crippen LogP) is 4.61. The van der Waals surface area contributed by atoms with Crippen molar-refractivity contribution in [3.8, 4) is 0 Å². The van der Waals surface area contributed by atoms with Gasteiger partial charge in [-0.25, -0.2) is 4.79 Å². The van der Waals surface area contributed by atoms with E-state index in [1.807, 2.05) is 42.5 Å². The van der Waals surface area contributed by atoms with Gasteiger partial charge in [-0.1, -0.05) is 35.5 Å². The minimum absolute atomic E-state index is 0.302. The summed E-state index contributed by atoms with van der Waals surface area (Å²) in [6.45, 7) is -0.363. The number of ether oxygens (including phenoxy) is 1. The van der Waals surface area contributed by atoms with Crippen molar-refractivity contribution in [3.05, 3.63) is 77.6 Å². The number of rotatable bonds is 6. The van der Waals surface area contributed by atoms with Crippen molar-refractivity contribution in [1.82, 2.24) is 4.98 Å². The lowest BCUT2D eigenvalue weighted by atomic mass is 10.3. The molecule has 0 saturated carbocycles. The Morgan fingerprint density at radius 3 is 2.54 bits per heavy atom. The van der Waals surface area contributed by atoms with E-state index in [9.17, 15) is 9.59 Å². The molecule has 0 bridgehead atoms. The lowest BCUT2D eigenvalue weighted by Crippen LogP contribution is -2.21. The Morgan fingerprint density at radius 1 is 1.04 bits per heavy atom. The Kier molecular flexibility index (Phi) is 5.99. The molecule has 5 nitrogen and oxygen atoms in total. The second kappa shape index (κ2) is 8.60. The first-order valence-corrected chi connectivity index (χ1v) is 8.94. The fourth-order valence-electron chi connectivity index (χ4n) is 2.14. The van der Waals surface area contributed by atoms with E-state index in [0.29, 0.717) is 16.4 Å². The number of halogens is 1. The third-order valence-electron chi connectivity index (χ3n) is 3.35. The van der Waals surface area contributed by atoms with Gasteiger partial charge in [0.2, 0.25) is 0 Å². The predicted molar refractivity (Wildman–Crippen MR) is 102 cm³/mol. The number of nitrogens with one attached hydrogen (secondary N) is 2. The van der Waals surface area contributed by atoms with Crippen LogP contribution in [0.5, 0.6) is 0 Å². The number of carbonyl (C=O) groups excluding carboxylic acids is 2. The smallest absolute Gasteiger partial charge is 0.355 e. The fourth-order valence-corrected chi connectivity index (χ4v) is 3.17. The lowest BCUT2D eigenvalue weighted by Gasteiger charge is -2.11. The van der Waals surface area contributed by atoms with Gasteiger partial charge in [-0.3, -0.25) is 4.79 Å². The number of benzene rings is 2. The molecule has 0 atom stereocenters. The van der Waals surface area contributed by atoms with E-state index in [-0.39, 0.29) is 6.61 Å². The van der Waals surface area contributed by atoms with Crippen LogP contribution < -0.4 is 5.32 Å². The zero-order valence-electron chi connectivity index (χ0n) is 13.6. The monoisotopic (exact) mass is 386 g/mol. The number of amides is 1. The molecule has 0 aliphatic rings. The molecular formula is C19H15ClN2O3S. The molecule has 0 unspecified atom stereocenters. The first-order valence-electron chi connectivity index (χ1n) is 7.74. The quantitative estimate of drug-likeness (QED) is 0.606. The summed E-state index contributed by atoms with van der Waals surface area (Å²) >= 11 is 7.40. The van der Waals surface area contributed by atoms with Crippen LogP contribution in [0.1, 0.15) is 10.5 Å². The van der Waals surface area contributed by atoms with Gasteiger partial charge in [0.05, 0.1) is 5.69 Å². The summed E-state index contributed by atoms with van der Waals surface area (Å²) in [6, 6.07) is 18.1. The van der Waals surface area contributed by atoms with Crippen molar-refractivity contribution in [2.75, 3.05) is 11.9 Å². The molecule has 1 amide bonds. The largest absolute Gasteiger partial charge is 0.451 e. The molecule has 0 fully saturated rings. The van der Waals surface area contributed by atoms with Crippen molar-refractivity contribution in [2.45, 2.75) is 9.79 Å². The number of esters is 1.